The van der Waals surface area contributed by atoms with Crippen molar-refractivity contribution in [1.82, 2.24) is 0 Å². The van der Waals surface area contributed by atoms with Gasteiger partial charge in [-0.05, 0) is 23.8 Å². The zero-order valence-electron chi connectivity index (χ0n) is 9.12. The van der Waals surface area contributed by atoms with E-state index in [-0.39, 0.29) is 5.84 Å². The second kappa shape index (κ2) is 6.51. The Labute approximate surface area is 95.8 Å². The standard InChI is InChI=1S/C12H18N2S/c1-2-3-7-15-9-10-5-4-6-11(8-10)12(13)14/h4-6,8H,2-3,7,9H2,1H3,(H3,13,14). The van der Waals surface area contributed by atoms with Crippen LogP contribution in [0.25, 0.3) is 0 Å². The largest absolute Gasteiger partial charge is 0.384 e. The molecule has 0 fully saturated rings. The molecule has 0 heterocycles. The lowest BCUT2D eigenvalue weighted by molar-refractivity contribution is 0.896. The number of nitrogens with one attached hydrogen (secondary N) is 1. The molecule has 0 aromatic heterocycles. The van der Waals surface area contributed by atoms with Crippen molar-refractivity contribution in [3.05, 3.63) is 35.4 Å². The van der Waals surface area contributed by atoms with Crippen LogP contribution in [-0.2, 0) is 5.75 Å². The molecule has 0 radical (unpaired) electrons. The van der Waals surface area contributed by atoms with Gasteiger partial charge in [-0.2, -0.15) is 11.8 Å². The molecule has 1 aromatic rings. The summed E-state index contributed by atoms with van der Waals surface area (Å²) >= 11 is 1.94. The van der Waals surface area contributed by atoms with Gasteiger partial charge in [0.15, 0.2) is 0 Å². The van der Waals surface area contributed by atoms with Gasteiger partial charge in [0.05, 0.1) is 0 Å². The maximum Gasteiger partial charge on any atom is 0.122 e. The van der Waals surface area contributed by atoms with Crippen LogP contribution >= 0.6 is 11.8 Å². The highest BCUT2D eigenvalue weighted by Gasteiger charge is 1.98. The summed E-state index contributed by atoms with van der Waals surface area (Å²) in [5.41, 5.74) is 7.51. The summed E-state index contributed by atoms with van der Waals surface area (Å²) in [6.45, 7) is 2.21. The van der Waals surface area contributed by atoms with E-state index in [2.05, 4.69) is 13.0 Å². The number of benzene rings is 1. The van der Waals surface area contributed by atoms with Crippen molar-refractivity contribution in [3.63, 3.8) is 0 Å². The Morgan fingerprint density at radius 1 is 1.47 bits per heavy atom. The van der Waals surface area contributed by atoms with Gasteiger partial charge in [0.1, 0.15) is 5.84 Å². The average molecular weight is 222 g/mol. The maximum absolute atomic E-state index is 7.35. The minimum atomic E-state index is 0.149. The third-order valence-electron chi connectivity index (χ3n) is 2.15. The van der Waals surface area contributed by atoms with Crippen LogP contribution < -0.4 is 5.73 Å². The lowest BCUT2D eigenvalue weighted by Crippen LogP contribution is -2.10. The molecule has 1 aromatic carbocycles. The van der Waals surface area contributed by atoms with E-state index in [9.17, 15) is 0 Å². The molecule has 2 nitrogen and oxygen atoms in total. The highest BCUT2D eigenvalue weighted by atomic mass is 32.2. The second-order valence-electron chi connectivity index (χ2n) is 3.52. The van der Waals surface area contributed by atoms with Crippen LogP contribution in [0.15, 0.2) is 24.3 Å². The van der Waals surface area contributed by atoms with Crippen molar-refractivity contribution in [2.45, 2.75) is 25.5 Å². The molecular weight excluding hydrogens is 204 g/mol. The van der Waals surface area contributed by atoms with Gasteiger partial charge in [-0.15, -0.1) is 0 Å². The molecule has 0 saturated carbocycles. The predicted molar refractivity (Wildman–Crippen MR) is 68.5 cm³/mol. The number of rotatable bonds is 6. The van der Waals surface area contributed by atoms with Crippen LogP contribution in [0.5, 0.6) is 0 Å². The monoisotopic (exact) mass is 222 g/mol. The molecule has 3 heteroatoms. The minimum Gasteiger partial charge on any atom is -0.384 e. The topological polar surface area (TPSA) is 49.9 Å². The van der Waals surface area contributed by atoms with Gasteiger partial charge in [-0.1, -0.05) is 31.5 Å². The lowest BCUT2D eigenvalue weighted by atomic mass is 10.1. The molecule has 1 rings (SSSR count). The van der Waals surface area contributed by atoms with Crippen molar-refractivity contribution in [2.75, 3.05) is 5.75 Å². The minimum absolute atomic E-state index is 0.149. The van der Waals surface area contributed by atoms with Crippen molar-refractivity contribution in [3.8, 4) is 0 Å². The van der Waals surface area contributed by atoms with E-state index in [4.69, 9.17) is 11.1 Å². The molecule has 0 amide bonds. The quantitative estimate of drug-likeness (QED) is 0.441. The number of nitrogen functional groups attached to an aromatic ring is 1. The number of unbranched alkanes of at least 4 members (excludes halogenated alkanes) is 1. The van der Waals surface area contributed by atoms with E-state index in [0.717, 1.165) is 11.3 Å². The maximum atomic E-state index is 7.35. The van der Waals surface area contributed by atoms with Crippen LogP contribution in [0, 0.1) is 5.41 Å². The van der Waals surface area contributed by atoms with Gasteiger partial charge in [0.25, 0.3) is 0 Å². The van der Waals surface area contributed by atoms with Gasteiger partial charge in [0.2, 0.25) is 0 Å². The summed E-state index contributed by atoms with van der Waals surface area (Å²) in [7, 11) is 0. The molecule has 0 bridgehead atoms. The molecule has 0 saturated heterocycles. The van der Waals surface area contributed by atoms with Crippen molar-refractivity contribution >= 4 is 17.6 Å². The lowest BCUT2D eigenvalue weighted by Gasteiger charge is -2.03. The highest BCUT2D eigenvalue weighted by molar-refractivity contribution is 7.98. The average Bonchev–Trinajstić information content (AvgIpc) is 2.25. The van der Waals surface area contributed by atoms with E-state index in [1.165, 1.54) is 24.2 Å². The van der Waals surface area contributed by atoms with Crippen LogP contribution in [0.2, 0.25) is 0 Å². The van der Waals surface area contributed by atoms with Crippen molar-refractivity contribution < 1.29 is 0 Å². The molecule has 82 valence electrons. The Kier molecular flexibility index (Phi) is 5.26. The number of nitrogens with two attached hydrogens (primary N) is 1. The number of hydrogen-bond donors (Lipinski definition) is 2. The fourth-order valence-corrected chi connectivity index (χ4v) is 2.32. The fourth-order valence-electron chi connectivity index (χ4n) is 1.27. The Morgan fingerprint density at radius 2 is 2.27 bits per heavy atom. The van der Waals surface area contributed by atoms with E-state index in [0.29, 0.717) is 0 Å². The van der Waals surface area contributed by atoms with E-state index < -0.39 is 0 Å². The summed E-state index contributed by atoms with van der Waals surface area (Å²) in [6.07, 6.45) is 2.53. The third kappa shape index (κ3) is 4.38. The zero-order valence-corrected chi connectivity index (χ0v) is 9.94. The smallest absolute Gasteiger partial charge is 0.122 e. The van der Waals surface area contributed by atoms with Gasteiger partial charge in [-0.3, -0.25) is 5.41 Å². The third-order valence-corrected chi connectivity index (χ3v) is 3.26. The fraction of sp³-hybridized carbons (Fsp3) is 0.417. The molecule has 0 spiro atoms. The molecular formula is C12H18N2S. The van der Waals surface area contributed by atoms with Gasteiger partial charge in [0, 0.05) is 11.3 Å². The number of hydrogen-bond acceptors (Lipinski definition) is 2. The van der Waals surface area contributed by atoms with Gasteiger partial charge >= 0.3 is 0 Å². The molecule has 0 aliphatic heterocycles. The van der Waals surface area contributed by atoms with Crippen LogP contribution in [0.4, 0.5) is 0 Å². The van der Waals surface area contributed by atoms with E-state index in [1.54, 1.807) is 0 Å². The SMILES string of the molecule is CCCCSCc1cccc(C(=N)N)c1. The first-order chi connectivity index (χ1) is 7.24. The Bertz CT molecular complexity index is 323. The second-order valence-corrected chi connectivity index (χ2v) is 4.63. The van der Waals surface area contributed by atoms with Gasteiger partial charge in [-0.25, -0.2) is 0 Å². The Morgan fingerprint density at radius 3 is 2.93 bits per heavy atom. The molecule has 0 aliphatic carbocycles. The summed E-state index contributed by atoms with van der Waals surface area (Å²) in [5.74, 6) is 2.37. The molecule has 3 N–H and O–H groups in total. The first kappa shape index (κ1) is 12.1. The predicted octanol–water partition coefficient (Wildman–Crippen LogP) is 3.00. The number of thioether (sulfide) groups is 1. The zero-order chi connectivity index (χ0) is 11.1. The summed E-state index contributed by atoms with van der Waals surface area (Å²) < 4.78 is 0. The number of amidine groups is 1. The molecule has 15 heavy (non-hydrogen) atoms. The molecule has 0 aliphatic rings. The van der Waals surface area contributed by atoms with Crippen molar-refractivity contribution in [1.29, 1.82) is 5.41 Å². The van der Waals surface area contributed by atoms with E-state index >= 15 is 0 Å². The first-order valence-corrected chi connectivity index (χ1v) is 6.40. The van der Waals surface area contributed by atoms with E-state index in [1.807, 2.05) is 30.0 Å². The molecule has 0 atom stereocenters. The van der Waals surface area contributed by atoms with Crippen LogP contribution in [0.1, 0.15) is 30.9 Å². The molecule has 0 unspecified atom stereocenters. The summed E-state index contributed by atoms with van der Waals surface area (Å²) in [5, 5.41) is 7.35. The normalized spacial score (nSPS) is 10.2. The van der Waals surface area contributed by atoms with Gasteiger partial charge < -0.3 is 5.73 Å². The Hall–Kier alpha value is -0.960. The summed E-state index contributed by atoms with van der Waals surface area (Å²) in [4.78, 5) is 0. The van der Waals surface area contributed by atoms with Crippen LogP contribution in [0.3, 0.4) is 0 Å². The Balaban J connectivity index is 2.47. The first-order valence-electron chi connectivity index (χ1n) is 5.25. The summed E-state index contributed by atoms with van der Waals surface area (Å²) in [6, 6.07) is 7.93. The van der Waals surface area contributed by atoms with Crippen molar-refractivity contribution in [2.24, 2.45) is 5.73 Å². The highest BCUT2D eigenvalue weighted by Crippen LogP contribution is 2.14. The van der Waals surface area contributed by atoms with Crippen LogP contribution in [-0.4, -0.2) is 11.6 Å².